The lowest BCUT2D eigenvalue weighted by Gasteiger charge is -2.08. The molecule has 0 unspecified atom stereocenters. The van der Waals surface area contributed by atoms with Crippen LogP contribution in [-0.2, 0) is 6.42 Å². The molecule has 0 aliphatic carbocycles. The van der Waals surface area contributed by atoms with E-state index in [-0.39, 0.29) is 0 Å². The maximum Gasteiger partial charge on any atom is 0.0730 e. The summed E-state index contributed by atoms with van der Waals surface area (Å²) in [5.41, 5.74) is 3.44. The number of aryl methyl sites for hydroxylation is 1. The number of nitrogens with one attached hydrogen (secondary N) is 1. The van der Waals surface area contributed by atoms with Crippen molar-refractivity contribution in [2.45, 2.75) is 13.3 Å². The molecule has 0 saturated heterocycles. The van der Waals surface area contributed by atoms with Gasteiger partial charge in [-0.2, -0.15) is 0 Å². The number of aromatic nitrogens is 3. The number of para-hydroxylation sites is 1. The van der Waals surface area contributed by atoms with Crippen LogP contribution in [0.4, 0.5) is 0 Å². The average Bonchev–Trinajstić information content (AvgIpc) is 2.75. The molecule has 16 heavy (non-hydrogen) atoms. The normalized spacial score (nSPS) is 10.6. The summed E-state index contributed by atoms with van der Waals surface area (Å²) in [5, 5.41) is 11.2. The molecule has 0 radical (unpaired) electrons. The predicted molar refractivity (Wildman–Crippen MR) is 63.7 cm³/mol. The molecule has 0 amide bonds. The quantitative estimate of drug-likeness (QED) is 0.838. The van der Waals surface area contributed by atoms with Crippen LogP contribution in [0.1, 0.15) is 11.3 Å². The number of nitrogens with zero attached hydrogens (tertiary/aromatic N) is 3. The molecule has 1 heterocycles. The molecule has 1 N–H and O–H groups in total. The third-order valence-electron chi connectivity index (χ3n) is 2.59. The molecule has 2 aromatic rings. The van der Waals surface area contributed by atoms with Crippen LogP contribution in [0.15, 0.2) is 30.5 Å². The van der Waals surface area contributed by atoms with Crippen LogP contribution in [0.2, 0.25) is 0 Å². The van der Waals surface area contributed by atoms with E-state index in [0.29, 0.717) is 0 Å². The van der Waals surface area contributed by atoms with Gasteiger partial charge in [0.05, 0.1) is 17.6 Å². The standard InChI is InChI=1S/C12H16N4/c1-10-5-3-4-6-12(10)16-11(7-8-13-2)9-14-15-16/h3-6,9,13H,7-8H2,1-2H3. The van der Waals surface area contributed by atoms with Crippen LogP contribution in [0, 0.1) is 6.92 Å². The van der Waals surface area contributed by atoms with Gasteiger partial charge in [-0.25, -0.2) is 4.68 Å². The van der Waals surface area contributed by atoms with Crippen molar-refractivity contribution in [3.63, 3.8) is 0 Å². The van der Waals surface area contributed by atoms with Gasteiger partial charge in [-0.15, -0.1) is 5.10 Å². The zero-order valence-electron chi connectivity index (χ0n) is 9.64. The van der Waals surface area contributed by atoms with Gasteiger partial charge < -0.3 is 5.32 Å². The van der Waals surface area contributed by atoms with E-state index in [0.717, 1.165) is 24.3 Å². The molecule has 0 fully saturated rings. The van der Waals surface area contributed by atoms with Crippen molar-refractivity contribution < 1.29 is 0 Å². The summed E-state index contributed by atoms with van der Waals surface area (Å²) in [6, 6.07) is 8.20. The van der Waals surface area contributed by atoms with Crippen molar-refractivity contribution >= 4 is 0 Å². The number of rotatable bonds is 4. The molecule has 84 valence electrons. The highest BCUT2D eigenvalue weighted by molar-refractivity contribution is 5.40. The Labute approximate surface area is 95.3 Å². The third kappa shape index (κ3) is 2.12. The minimum absolute atomic E-state index is 0.928. The number of hydrogen-bond donors (Lipinski definition) is 1. The van der Waals surface area contributed by atoms with E-state index in [1.54, 1.807) is 0 Å². The fraction of sp³-hybridized carbons (Fsp3) is 0.333. The van der Waals surface area contributed by atoms with Gasteiger partial charge in [0.25, 0.3) is 0 Å². The smallest absolute Gasteiger partial charge is 0.0730 e. The third-order valence-corrected chi connectivity index (χ3v) is 2.59. The Bertz CT molecular complexity index is 462. The maximum absolute atomic E-state index is 4.14. The maximum atomic E-state index is 4.14. The van der Waals surface area contributed by atoms with Gasteiger partial charge in [-0.3, -0.25) is 0 Å². The molecule has 2 rings (SSSR count). The van der Waals surface area contributed by atoms with Gasteiger partial charge in [0.15, 0.2) is 0 Å². The number of benzene rings is 1. The second-order valence-electron chi connectivity index (χ2n) is 3.78. The fourth-order valence-electron chi connectivity index (χ4n) is 1.68. The van der Waals surface area contributed by atoms with Crippen LogP contribution in [0.3, 0.4) is 0 Å². The van der Waals surface area contributed by atoms with Crippen LogP contribution in [-0.4, -0.2) is 28.6 Å². The zero-order chi connectivity index (χ0) is 11.4. The van der Waals surface area contributed by atoms with Crippen molar-refractivity contribution in [3.05, 3.63) is 41.7 Å². The Hall–Kier alpha value is -1.68. The van der Waals surface area contributed by atoms with Gasteiger partial charge in [0, 0.05) is 13.0 Å². The van der Waals surface area contributed by atoms with E-state index < -0.39 is 0 Å². The highest BCUT2D eigenvalue weighted by Crippen LogP contribution is 2.14. The van der Waals surface area contributed by atoms with Gasteiger partial charge in [-0.05, 0) is 25.6 Å². The van der Waals surface area contributed by atoms with Crippen molar-refractivity contribution in [3.8, 4) is 5.69 Å². The SMILES string of the molecule is CNCCc1cnnn1-c1ccccc1C. The lowest BCUT2D eigenvalue weighted by atomic mass is 10.2. The number of likely N-dealkylation sites (N-methyl/N-ethyl adjacent to an activating group) is 1. The van der Waals surface area contributed by atoms with E-state index in [1.165, 1.54) is 5.56 Å². The van der Waals surface area contributed by atoms with Crippen molar-refractivity contribution in [2.24, 2.45) is 0 Å². The highest BCUT2D eigenvalue weighted by Gasteiger charge is 2.07. The monoisotopic (exact) mass is 216 g/mol. The summed E-state index contributed by atoms with van der Waals surface area (Å²) in [6.45, 7) is 3.01. The summed E-state index contributed by atoms with van der Waals surface area (Å²) >= 11 is 0. The van der Waals surface area contributed by atoms with Crippen LogP contribution >= 0.6 is 0 Å². The van der Waals surface area contributed by atoms with E-state index in [2.05, 4.69) is 34.7 Å². The number of hydrogen-bond acceptors (Lipinski definition) is 3. The Morgan fingerprint density at radius 2 is 2.12 bits per heavy atom. The molecule has 1 aromatic carbocycles. The first-order valence-electron chi connectivity index (χ1n) is 5.43. The minimum atomic E-state index is 0.928. The van der Waals surface area contributed by atoms with Crippen LogP contribution < -0.4 is 5.32 Å². The van der Waals surface area contributed by atoms with E-state index >= 15 is 0 Å². The van der Waals surface area contributed by atoms with Crippen molar-refractivity contribution in [2.75, 3.05) is 13.6 Å². The van der Waals surface area contributed by atoms with Crippen LogP contribution in [0.25, 0.3) is 5.69 Å². The molecule has 0 aliphatic rings. The van der Waals surface area contributed by atoms with Gasteiger partial charge >= 0.3 is 0 Å². The predicted octanol–water partition coefficient (Wildman–Crippen LogP) is 1.34. The first-order chi connectivity index (χ1) is 7.83. The summed E-state index contributed by atoms with van der Waals surface area (Å²) in [4.78, 5) is 0. The Morgan fingerprint density at radius 1 is 1.31 bits per heavy atom. The molecule has 0 saturated carbocycles. The van der Waals surface area contributed by atoms with Gasteiger partial charge in [0.1, 0.15) is 0 Å². The lowest BCUT2D eigenvalue weighted by Crippen LogP contribution is -2.13. The van der Waals surface area contributed by atoms with Gasteiger partial charge in [-0.1, -0.05) is 23.4 Å². The second-order valence-corrected chi connectivity index (χ2v) is 3.78. The van der Waals surface area contributed by atoms with Crippen molar-refractivity contribution in [1.82, 2.24) is 20.3 Å². The molecule has 0 spiro atoms. The molecular weight excluding hydrogens is 200 g/mol. The fourth-order valence-corrected chi connectivity index (χ4v) is 1.68. The highest BCUT2D eigenvalue weighted by atomic mass is 15.4. The largest absolute Gasteiger partial charge is 0.319 e. The first kappa shape index (κ1) is 10.8. The summed E-state index contributed by atoms with van der Waals surface area (Å²) in [7, 11) is 1.95. The Morgan fingerprint density at radius 3 is 2.88 bits per heavy atom. The van der Waals surface area contributed by atoms with Crippen LogP contribution in [0.5, 0.6) is 0 Å². The summed E-state index contributed by atoms with van der Waals surface area (Å²) in [6.07, 6.45) is 2.75. The zero-order valence-corrected chi connectivity index (χ0v) is 9.64. The first-order valence-corrected chi connectivity index (χ1v) is 5.43. The van der Waals surface area contributed by atoms with Crippen molar-refractivity contribution in [1.29, 1.82) is 0 Å². The molecule has 0 bridgehead atoms. The summed E-state index contributed by atoms with van der Waals surface area (Å²) < 4.78 is 1.91. The Balaban J connectivity index is 2.33. The molecular formula is C12H16N4. The molecule has 4 heteroatoms. The summed E-state index contributed by atoms with van der Waals surface area (Å²) in [5.74, 6) is 0. The van der Waals surface area contributed by atoms with E-state index in [9.17, 15) is 0 Å². The molecule has 0 atom stereocenters. The molecule has 1 aromatic heterocycles. The van der Waals surface area contributed by atoms with E-state index in [4.69, 9.17) is 0 Å². The van der Waals surface area contributed by atoms with Gasteiger partial charge in [0.2, 0.25) is 0 Å². The Kier molecular flexibility index (Phi) is 3.31. The average molecular weight is 216 g/mol. The second kappa shape index (κ2) is 4.90. The molecule has 4 nitrogen and oxygen atoms in total. The van der Waals surface area contributed by atoms with E-state index in [1.807, 2.05) is 30.1 Å². The minimum Gasteiger partial charge on any atom is -0.319 e. The molecule has 0 aliphatic heterocycles. The lowest BCUT2D eigenvalue weighted by molar-refractivity contribution is 0.717. The topological polar surface area (TPSA) is 42.7 Å².